The van der Waals surface area contributed by atoms with E-state index in [0.29, 0.717) is 29.0 Å². The van der Waals surface area contributed by atoms with E-state index in [9.17, 15) is 0 Å². The van der Waals surface area contributed by atoms with E-state index in [1.165, 1.54) is 10.8 Å². The Morgan fingerprint density at radius 1 is 0.203 bits per heavy atom. The van der Waals surface area contributed by atoms with Crippen LogP contribution in [0.15, 0.2) is 224 Å². The number of aromatic nitrogens is 5. The molecule has 298 valence electrons. The highest BCUT2D eigenvalue weighted by molar-refractivity contribution is 6.14. The Labute approximate surface area is 370 Å². The molecule has 0 saturated carbocycles. The quantitative estimate of drug-likeness (QED) is 0.150. The molecular formula is C59H37N5. The van der Waals surface area contributed by atoms with Crippen LogP contribution >= 0.6 is 0 Å². The van der Waals surface area contributed by atoms with Gasteiger partial charge in [0.15, 0.2) is 23.3 Å². The van der Waals surface area contributed by atoms with E-state index in [1.54, 1.807) is 0 Å². The molecule has 0 saturated heterocycles. The van der Waals surface area contributed by atoms with Crippen molar-refractivity contribution in [3.63, 3.8) is 0 Å². The zero-order valence-electron chi connectivity index (χ0n) is 34.6. The Morgan fingerprint density at radius 3 is 1.06 bits per heavy atom. The highest BCUT2D eigenvalue weighted by Crippen LogP contribution is 2.38. The maximum absolute atomic E-state index is 5.39. The summed E-state index contributed by atoms with van der Waals surface area (Å²) in [4.78, 5) is 26.6. The molecular weight excluding hydrogens is 779 g/mol. The monoisotopic (exact) mass is 815 g/mol. The predicted molar refractivity (Wildman–Crippen MR) is 263 cm³/mol. The summed E-state index contributed by atoms with van der Waals surface area (Å²) in [6.07, 6.45) is 0. The second kappa shape index (κ2) is 15.7. The topological polar surface area (TPSA) is 64.5 Å². The molecule has 2 heterocycles. The number of hydrogen-bond donors (Lipinski definition) is 0. The van der Waals surface area contributed by atoms with Gasteiger partial charge in [0.05, 0.1) is 5.69 Å². The van der Waals surface area contributed by atoms with Crippen molar-refractivity contribution in [2.45, 2.75) is 0 Å². The van der Waals surface area contributed by atoms with E-state index in [2.05, 4.69) is 206 Å². The molecule has 0 N–H and O–H groups in total. The fourth-order valence-corrected chi connectivity index (χ4v) is 8.96. The van der Waals surface area contributed by atoms with Crippen molar-refractivity contribution >= 4 is 43.1 Å². The molecule has 0 amide bonds. The third-order valence-corrected chi connectivity index (χ3v) is 12.1. The molecule has 12 aromatic rings. The molecule has 0 atom stereocenters. The van der Waals surface area contributed by atoms with Gasteiger partial charge in [0.1, 0.15) is 5.69 Å². The molecule has 0 bridgehead atoms. The van der Waals surface area contributed by atoms with Crippen molar-refractivity contribution in [3.8, 4) is 79.2 Å². The zero-order valence-corrected chi connectivity index (χ0v) is 34.6. The molecule has 0 aliphatic rings. The summed E-state index contributed by atoms with van der Waals surface area (Å²) in [6.45, 7) is 0. The molecule has 0 unspecified atom stereocenters. The SMILES string of the molecule is c1ccc(-c2ccc(-c3cc(-c4nc(-c5cc6ccccc6c6ccccc56)nc(-c5cc6ccccc6c6ccccc56)n4)nc(-c4ccc(-c5ccccc5)cc4)n3)cc2)cc1. The Morgan fingerprint density at radius 2 is 0.562 bits per heavy atom. The third kappa shape index (κ3) is 6.73. The van der Waals surface area contributed by atoms with Crippen LogP contribution in [0.4, 0.5) is 0 Å². The minimum atomic E-state index is 0.459. The van der Waals surface area contributed by atoms with Crippen LogP contribution < -0.4 is 0 Å². The van der Waals surface area contributed by atoms with Crippen molar-refractivity contribution in [1.29, 1.82) is 0 Å². The first-order valence-electron chi connectivity index (χ1n) is 21.5. The highest BCUT2D eigenvalue weighted by atomic mass is 15.1. The average molecular weight is 816 g/mol. The molecule has 0 radical (unpaired) electrons. The maximum atomic E-state index is 5.39. The number of rotatable bonds is 7. The van der Waals surface area contributed by atoms with Crippen LogP contribution in [0.25, 0.3) is 122 Å². The van der Waals surface area contributed by atoms with E-state index in [4.69, 9.17) is 24.9 Å². The summed E-state index contributed by atoms with van der Waals surface area (Å²) in [7, 11) is 0. The summed E-state index contributed by atoms with van der Waals surface area (Å²) in [5.74, 6) is 2.18. The second-order valence-electron chi connectivity index (χ2n) is 16.0. The molecule has 5 heteroatoms. The third-order valence-electron chi connectivity index (χ3n) is 12.1. The first kappa shape index (κ1) is 37.1. The fraction of sp³-hybridized carbons (Fsp3) is 0. The van der Waals surface area contributed by atoms with Gasteiger partial charge in [-0.2, -0.15) is 0 Å². The fourth-order valence-electron chi connectivity index (χ4n) is 8.96. The summed E-state index contributed by atoms with van der Waals surface area (Å²) in [5.41, 5.74) is 9.61. The van der Waals surface area contributed by atoms with Crippen LogP contribution in [0.2, 0.25) is 0 Å². The van der Waals surface area contributed by atoms with E-state index in [-0.39, 0.29) is 0 Å². The molecule has 0 aliphatic heterocycles. The van der Waals surface area contributed by atoms with Gasteiger partial charge >= 0.3 is 0 Å². The summed E-state index contributed by atoms with van der Waals surface area (Å²) in [6, 6.07) is 78.2. The Balaban J connectivity index is 1.10. The van der Waals surface area contributed by atoms with Crippen molar-refractivity contribution in [3.05, 3.63) is 224 Å². The number of benzene rings is 10. The Hall–Kier alpha value is -8.67. The second-order valence-corrected chi connectivity index (χ2v) is 16.0. The van der Waals surface area contributed by atoms with Gasteiger partial charge in [-0.25, -0.2) is 24.9 Å². The van der Waals surface area contributed by atoms with Gasteiger partial charge in [0.2, 0.25) is 0 Å². The average Bonchev–Trinajstić information content (AvgIpc) is 3.38. The summed E-state index contributed by atoms with van der Waals surface area (Å²) >= 11 is 0. The van der Waals surface area contributed by atoms with Crippen molar-refractivity contribution < 1.29 is 0 Å². The van der Waals surface area contributed by atoms with Gasteiger partial charge in [-0.05, 0) is 83.5 Å². The van der Waals surface area contributed by atoms with Gasteiger partial charge in [-0.3, -0.25) is 0 Å². The minimum Gasteiger partial charge on any atom is -0.228 e. The lowest BCUT2D eigenvalue weighted by Crippen LogP contribution is -2.04. The molecule has 2 aromatic heterocycles. The maximum Gasteiger partial charge on any atom is 0.182 e. The lowest BCUT2D eigenvalue weighted by Gasteiger charge is -2.15. The normalized spacial score (nSPS) is 11.4. The highest BCUT2D eigenvalue weighted by Gasteiger charge is 2.20. The molecule has 5 nitrogen and oxygen atoms in total. The van der Waals surface area contributed by atoms with Crippen LogP contribution in [0.1, 0.15) is 0 Å². The van der Waals surface area contributed by atoms with E-state index in [0.717, 1.165) is 82.5 Å². The molecule has 10 aromatic carbocycles. The largest absolute Gasteiger partial charge is 0.228 e. The molecule has 12 rings (SSSR count). The van der Waals surface area contributed by atoms with Crippen molar-refractivity contribution in [1.82, 2.24) is 24.9 Å². The first-order chi connectivity index (χ1) is 31.7. The Bertz CT molecular complexity index is 3460. The first-order valence-corrected chi connectivity index (χ1v) is 21.5. The van der Waals surface area contributed by atoms with Crippen LogP contribution in [0.3, 0.4) is 0 Å². The van der Waals surface area contributed by atoms with Gasteiger partial charge in [0, 0.05) is 22.3 Å². The van der Waals surface area contributed by atoms with E-state index < -0.39 is 0 Å². The van der Waals surface area contributed by atoms with Crippen LogP contribution in [-0.2, 0) is 0 Å². The zero-order chi connectivity index (χ0) is 42.4. The van der Waals surface area contributed by atoms with Crippen LogP contribution in [0, 0.1) is 0 Å². The summed E-state index contributed by atoms with van der Waals surface area (Å²) < 4.78 is 0. The lowest BCUT2D eigenvalue weighted by molar-refractivity contribution is 1.05. The summed E-state index contributed by atoms with van der Waals surface area (Å²) in [5, 5.41) is 8.99. The van der Waals surface area contributed by atoms with Gasteiger partial charge in [-0.15, -0.1) is 0 Å². The lowest BCUT2D eigenvalue weighted by atomic mass is 9.96. The molecule has 0 spiro atoms. The number of fused-ring (bicyclic) bond motifs is 6. The standard InChI is InChI=1S/C59H37N5/c1-3-15-38(16-4-1)40-27-31-42(32-28-40)54-37-55(61-56(60-54)43-33-29-41(30-34-43)39-17-5-2-6-18-39)59-63-57(52-35-44-19-7-9-21-46(44)48-23-11-13-25-50(48)52)62-58(64-59)53-36-45-20-8-10-22-47(45)49-24-12-14-26-51(49)53/h1-37H. The van der Waals surface area contributed by atoms with E-state index in [1.807, 2.05) is 18.2 Å². The van der Waals surface area contributed by atoms with Gasteiger partial charge in [-0.1, -0.05) is 206 Å². The van der Waals surface area contributed by atoms with Crippen molar-refractivity contribution in [2.24, 2.45) is 0 Å². The van der Waals surface area contributed by atoms with Crippen LogP contribution in [-0.4, -0.2) is 24.9 Å². The minimum absolute atomic E-state index is 0.459. The predicted octanol–water partition coefficient (Wildman–Crippen LogP) is 14.9. The van der Waals surface area contributed by atoms with Crippen molar-refractivity contribution in [2.75, 3.05) is 0 Å². The van der Waals surface area contributed by atoms with E-state index >= 15 is 0 Å². The van der Waals surface area contributed by atoms with Gasteiger partial charge in [0.25, 0.3) is 0 Å². The number of nitrogens with zero attached hydrogens (tertiary/aromatic N) is 5. The molecule has 0 aliphatic carbocycles. The van der Waals surface area contributed by atoms with Crippen LogP contribution in [0.5, 0.6) is 0 Å². The molecule has 64 heavy (non-hydrogen) atoms. The molecule has 0 fully saturated rings. The number of hydrogen-bond acceptors (Lipinski definition) is 5. The van der Waals surface area contributed by atoms with Gasteiger partial charge < -0.3 is 0 Å². The smallest absolute Gasteiger partial charge is 0.182 e. The Kier molecular flexibility index (Phi) is 9.08.